The number of aromatic nitrogens is 2. The Morgan fingerprint density at radius 2 is 1.96 bits per heavy atom. The molecule has 7 nitrogen and oxygen atoms in total. The van der Waals surface area contributed by atoms with E-state index in [9.17, 15) is 8.78 Å². The third-order valence-corrected chi connectivity index (χ3v) is 4.49. The summed E-state index contributed by atoms with van der Waals surface area (Å²) >= 11 is 0. The molecule has 1 aliphatic heterocycles. The second-order valence-corrected chi connectivity index (χ2v) is 6.27. The summed E-state index contributed by atoms with van der Waals surface area (Å²) in [6.07, 6.45) is 1.13. The van der Waals surface area contributed by atoms with Crippen molar-refractivity contribution in [3.8, 4) is 5.75 Å². The first-order chi connectivity index (χ1) is 13.5. The van der Waals surface area contributed by atoms with Crippen molar-refractivity contribution in [1.29, 1.82) is 0 Å². The third-order valence-electron chi connectivity index (χ3n) is 4.49. The number of ether oxygens (including phenoxy) is 2. The molecule has 3 heterocycles. The predicted molar refractivity (Wildman–Crippen MR) is 98.6 cm³/mol. The average Bonchev–Trinajstić information content (AvgIpc) is 3.20. The van der Waals surface area contributed by atoms with Crippen LogP contribution in [-0.2, 0) is 11.3 Å². The minimum absolute atomic E-state index is 0.138. The van der Waals surface area contributed by atoms with Crippen LogP contribution < -0.4 is 10.5 Å². The Morgan fingerprint density at radius 3 is 2.64 bits per heavy atom. The Bertz CT molecular complexity index is 1050. The van der Waals surface area contributed by atoms with E-state index in [0.717, 1.165) is 0 Å². The van der Waals surface area contributed by atoms with Gasteiger partial charge in [0.05, 0.1) is 11.3 Å². The molecule has 4 rings (SSSR count). The second kappa shape index (κ2) is 7.08. The Labute approximate surface area is 160 Å². The van der Waals surface area contributed by atoms with Gasteiger partial charge in [0, 0.05) is 12.7 Å². The molecule has 0 radical (unpaired) electrons. The summed E-state index contributed by atoms with van der Waals surface area (Å²) in [6.45, 7) is 4.08. The first-order valence-corrected chi connectivity index (χ1v) is 8.80. The van der Waals surface area contributed by atoms with E-state index < -0.39 is 18.0 Å². The van der Waals surface area contributed by atoms with E-state index in [4.69, 9.17) is 15.2 Å². The number of hydrazone groups is 1. The minimum atomic E-state index is -0.659. The Hall–Kier alpha value is -3.20. The third kappa shape index (κ3) is 3.03. The van der Waals surface area contributed by atoms with Crippen LogP contribution in [0, 0.1) is 18.6 Å². The van der Waals surface area contributed by atoms with Gasteiger partial charge < -0.3 is 9.47 Å². The van der Waals surface area contributed by atoms with Crippen LogP contribution in [0.4, 0.5) is 8.78 Å². The first kappa shape index (κ1) is 18.2. The lowest BCUT2D eigenvalue weighted by atomic mass is 10.2. The van der Waals surface area contributed by atoms with Crippen LogP contribution in [0.5, 0.6) is 5.75 Å². The zero-order valence-corrected chi connectivity index (χ0v) is 15.4. The van der Waals surface area contributed by atoms with Gasteiger partial charge in [-0.1, -0.05) is 6.07 Å². The number of benzene rings is 1. The zero-order chi connectivity index (χ0) is 19.8. The standard InChI is InChI=1S/C19H19F2N5O2/c1-3-26-19(22)28-18(24-26)16-11(2)23-17-15(8-5-9-25(16)17)27-10-12-13(20)6-4-7-14(12)21/h4-9,19H,3,10,22H2,1-2H3. The fraction of sp³-hybridized carbons (Fsp3) is 0.263. The molecule has 1 aliphatic rings. The zero-order valence-electron chi connectivity index (χ0n) is 15.4. The lowest BCUT2D eigenvalue weighted by Crippen LogP contribution is -2.36. The molecule has 0 spiro atoms. The van der Waals surface area contributed by atoms with Gasteiger partial charge in [0.25, 0.3) is 5.90 Å². The molecule has 1 atom stereocenters. The van der Waals surface area contributed by atoms with Crippen LogP contribution in [0.15, 0.2) is 41.6 Å². The number of halogens is 2. The molecule has 0 fully saturated rings. The van der Waals surface area contributed by atoms with Gasteiger partial charge in [-0.05, 0) is 38.1 Å². The summed E-state index contributed by atoms with van der Waals surface area (Å²) in [5.74, 6) is -0.574. The van der Waals surface area contributed by atoms with Gasteiger partial charge in [-0.15, -0.1) is 5.10 Å². The van der Waals surface area contributed by atoms with E-state index in [1.54, 1.807) is 27.7 Å². The van der Waals surface area contributed by atoms with Crippen molar-refractivity contribution >= 4 is 11.5 Å². The van der Waals surface area contributed by atoms with Gasteiger partial charge in [-0.3, -0.25) is 10.1 Å². The molecule has 0 amide bonds. The number of fused-ring (bicyclic) bond motifs is 1. The predicted octanol–water partition coefficient (Wildman–Crippen LogP) is 2.76. The van der Waals surface area contributed by atoms with Gasteiger partial charge in [0.1, 0.15) is 23.9 Å². The van der Waals surface area contributed by atoms with Crippen LogP contribution in [0.3, 0.4) is 0 Å². The molecular formula is C19H19F2N5O2. The normalized spacial score (nSPS) is 16.4. The highest BCUT2D eigenvalue weighted by molar-refractivity contribution is 5.95. The van der Waals surface area contributed by atoms with Crippen molar-refractivity contribution in [2.45, 2.75) is 26.8 Å². The SMILES string of the molecule is CCN1N=C(c2c(C)nc3c(OCc4c(F)cccc4F)cccn23)OC1N. The maximum atomic E-state index is 13.9. The van der Waals surface area contributed by atoms with Crippen LogP contribution in [0.1, 0.15) is 23.9 Å². The van der Waals surface area contributed by atoms with Crippen LogP contribution >= 0.6 is 0 Å². The summed E-state index contributed by atoms with van der Waals surface area (Å²) in [6, 6.07) is 7.13. The number of nitrogens with two attached hydrogens (primary N) is 1. The molecule has 1 unspecified atom stereocenters. The Kier molecular flexibility index (Phi) is 4.60. The maximum Gasteiger partial charge on any atom is 0.260 e. The number of aryl methyl sites for hydroxylation is 1. The number of nitrogens with zero attached hydrogens (tertiary/aromatic N) is 4. The molecule has 0 saturated carbocycles. The van der Waals surface area contributed by atoms with Gasteiger partial charge in [-0.25, -0.2) is 18.8 Å². The molecule has 3 aromatic rings. The molecule has 146 valence electrons. The fourth-order valence-corrected chi connectivity index (χ4v) is 3.07. The van der Waals surface area contributed by atoms with Gasteiger partial charge >= 0.3 is 0 Å². The molecule has 28 heavy (non-hydrogen) atoms. The van der Waals surface area contributed by atoms with Crippen LogP contribution in [0.2, 0.25) is 0 Å². The maximum absolute atomic E-state index is 13.9. The van der Waals surface area contributed by atoms with Crippen molar-refractivity contribution in [1.82, 2.24) is 14.4 Å². The van der Waals surface area contributed by atoms with E-state index >= 15 is 0 Å². The fourth-order valence-electron chi connectivity index (χ4n) is 3.07. The Balaban J connectivity index is 1.69. The van der Waals surface area contributed by atoms with Gasteiger partial charge in [0.15, 0.2) is 11.4 Å². The monoisotopic (exact) mass is 387 g/mol. The summed E-state index contributed by atoms with van der Waals surface area (Å²) in [4.78, 5) is 4.52. The van der Waals surface area contributed by atoms with Crippen molar-refractivity contribution in [3.05, 3.63) is 65.1 Å². The van der Waals surface area contributed by atoms with Gasteiger partial charge in [0.2, 0.25) is 6.35 Å². The quantitative estimate of drug-likeness (QED) is 0.729. The molecular weight excluding hydrogens is 368 g/mol. The highest BCUT2D eigenvalue weighted by atomic mass is 19.1. The Morgan fingerprint density at radius 1 is 1.21 bits per heavy atom. The van der Waals surface area contributed by atoms with Gasteiger partial charge in [-0.2, -0.15) is 0 Å². The van der Waals surface area contributed by atoms with Crippen molar-refractivity contribution in [2.24, 2.45) is 10.8 Å². The van der Waals surface area contributed by atoms with E-state index in [1.165, 1.54) is 18.2 Å². The molecule has 2 N–H and O–H groups in total. The second-order valence-electron chi connectivity index (χ2n) is 6.27. The molecule has 2 aromatic heterocycles. The highest BCUT2D eigenvalue weighted by Gasteiger charge is 2.28. The van der Waals surface area contributed by atoms with Crippen LogP contribution in [-0.4, -0.2) is 33.2 Å². The first-order valence-electron chi connectivity index (χ1n) is 8.80. The van der Waals surface area contributed by atoms with Crippen molar-refractivity contribution < 1.29 is 18.3 Å². The smallest absolute Gasteiger partial charge is 0.260 e. The summed E-state index contributed by atoms with van der Waals surface area (Å²) in [5.41, 5.74) is 7.57. The van der Waals surface area contributed by atoms with Crippen LogP contribution in [0.25, 0.3) is 5.65 Å². The average molecular weight is 387 g/mol. The molecule has 0 bridgehead atoms. The molecule has 0 aliphatic carbocycles. The van der Waals surface area contributed by atoms with E-state index in [0.29, 0.717) is 35.2 Å². The number of imidazole rings is 1. The molecule has 0 saturated heterocycles. The lowest BCUT2D eigenvalue weighted by molar-refractivity contribution is 0.0672. The lowest BCUT2D eigenvalue weighted by Gasteiger charge is -2.14. The number of hydrogen-bond donors (Lipinski definition) is 1. The summed E-state index contributed by atoms with van der Waals surface area (Å²) in [5, 5.41) is 6.01. The molecule has 1 aromatic carbocycles. The number of pyridine rings is 1. The minimum Gasteiger partial charge on any atom is -0.485 e. The van der Waals surface area contributed by atoms with E-state index in [2.05, 4.69) is 10.1 Å². The summed E-state index contributed by atoms with van der Waals surface area (Å²) < 4.78 is 40.8. The largest absolute Gasteiger partial charge is 0.485 e. The van der Waals surface area contributed by atoms with E-state index in [-0.39, 0.29) is 12.2 Å². The summed E-state index contributed by atoms with van der Waals surface area (Å²) in [7, 11) is 0. The topological polar surface area (TPSA) is 77.4 Å². The number of hydrogen-bond acceptors (Lipinski definition) is 6. The molecule has 9 heteroatoms. The van der Waals surface area contributed by atoms with E-state index in [1.807, 2.05) is 13.8 Å². The van der Waals surface area contributed by atoms with Crippen molar-refractivity contribution in [3.63, 3.8) is 0 Å². The number of rotatable bonds is 5. The van der Waals surface area contributed by atoms with Crippen molar-refractivity contribution in [2.75, 3.05) is 6.54 Å². The highest BCUT2D eigenvalue weighted by Crippen LogP contribution is 2.26.